The second kappa shape index (κ2) is 10.5. The molecule has 2 aromatic rings. The van der Waals surface area contributed by atoms with Crippen molar-refractivity contribution < 1.29 is 27.2 Å². The number of alkyl halides is 3. The van der Waals surface area contributed by atoms with E-state index in [1.165, 1.54) is 12.3 Å². The molecular weight excluding hydrogens is 488 g/mol. The van der Waals surface area contributed by atoms with Crippen LogP contribution in [0.5, 0.6) is 0 Å². The van der Waals surface area contributed by atoms with Gasteiger partial charge in [0.25, 0.3) is 0 Å². The Kier molecular flexibility index (Phi) is 8.06. The Labute approximate surface area is 205 Å². The number of hydrogen-bond acceptors (Lipinski definition) is 4. The summed E-state index contributed by atoms with van der Waals surface area (Å²) in [5, 5.41) is 3.07. The van der Waals surface area contributed by atoms with Gasteiger partial charge >= 0.3 is 6.18 Å². The highest BCUT2D eigenvalue weighted by Crippen LogP contribution is 2.66. The molecule has 35 heavy (non-hydrogen) atoms. The van der Waals surface area contributed by atoms with Gasteiger partial charge in [-0.15, -0.1) is 0 Å². The number of primary amides is 1. The third-order valence-corrected chi connectivity index (χ3v) is 6.95. The Bertz CT molecular complexity index is 1090. The Morgan fingerprint density at radius 3 is 2.43 bits per heavy atom. The minimum absolute atomic E-state index is 0.0560. The number of nitrogens with zero attached hydrogens (tertiary/aromatic N) is 2. The van der Waals surface area contributed by atoms with E-state index in [2.05, 4.69) is 10.3 Å². The summed E-state index contributed by atoms with van der Waals surface area (Å²) in [6.07, 6.45) is -2.70. The van der Waals surface area contributed by atoms with Crippen LogP contribution in [0.25, 0.3) is 0 Å². The zero-order chi connectivity index (χ0) is 26.0. The Morgan fingerprint density at radius 2 is 1.91 bits per heavy atom. The van der Waals surface area contributed by atoms with Gasteiger partial charge < -0.3 is 16.0 Å². The first-order valence-corrected chi connectivity index (χ1v) is 11.4. The van der Waals surface area contributed by atoms with E-state index in [1.807, 2.05) is 4.90 Å². The van der Waals surface area contributed by atoms with Crippen LogP contribution in [0.3, 0.4) is 0 Å². The van der Waals surface area contributed by atoms with Crippen LogP contribution in [-0.4, -0.2) is 54.6 Å². The van der Waals surface area contributed by atoms with Crippen molar-refractivity contribution in [3.05, 3.63) is 64.2 Å². The van der Waals surface area contributed by atoms with E-state index < -0.39 is 41.6 Å². The summed E-state index contributed by atoms with van der Waals surface area (Å²) in [7, 11) is 3.60. The molecule has 0 bridgehead atoms. The lowest BCUT2D eigenvalue weighted by Gasteiger charge is -2.30. The molecule has 1 aliphatic rings. The van der Waals surface area contributed by atoms with Crippen LogP contribution >= 0.6 is 11.6 Å². The fourth-order valence-electron chi connectivity index (χ4n) is 4.26. The van der Waals surface area contributed by atoms with Crippen molar-refractivity contribution in [2.24, 2.45) is 11.1 Å². The summed E-state index contributed by atoms with van der Waals surface area (Å²) in [4.78, 5) is 29.7. The van der Waals surface area contributed by atoms with Crippen LogP contribution in [0.2, 0.25) is 5.02 Å². The van der Waals surface area contributed by atoms with Gasteiger partial charge in [0, 0.05) is 41.7 Å². The zero-order valence-corrected chi connectivity index (χ0v) is 20.1. The molecule has 1 aromatic heterocycles. The smallest absolute Gasteiger partial charge is 0.366 e. The fourth-order valence-corrected chi connectivity index (χ4v) is 4.52. The number of pyridine rings is 1. The lowest BCUT2D eigenvalue weighted by atomic mass is 9.80. The van der Waals surface area contributed by atoms with Crippen LogP contribution in [0.4, 0.5) is 17.6 Å². The van der Waals surface area contributed by atoms with Crippen molar-refractivity contribution in [1.82, 2.24) is 15.2 Å². The topological polar surface area (TPSA) is 88.3 Å². The lowest BCUT2D eigenvalue weighted by molar-refractivity contribution is -0.194. The molecule has 1 aromatic carbocycles. The van der Waals surface area contributed by atoms with E-state index in [4.69, 9.17) is 17.3 Å². The van der Waals surface area contributed by atoms with Crippen molar-refractivity contribution in [3.8, 4) is 0 Å². The van der Waals surface area contributed by atoms with Gasteiger partial charge in [0.2, 0.25) is 11.8 Å². The summed E-state index contributed by atoms with van der Waals surface area (Å²) in [6.45, 7) is 0.146. The molecule has 0 saturated heterocycles. The third kappa shape index (κ3) is 6.29. The molecule has 0 aliphatic heterocycles. The van der Waals surface area contributed by atoms with E-state index in [9.17, 15) is 27.2 Å². The number of hydrogen-bond donors (Lipinski definition) is 2. The minimum atomic E-state index is -4.52. The van der Waals surface area contributed by atoms with Crippen LogP contribution in [0, 0.1) is 11.2 Å². The lowest BCUT2D eigenvalue weighted by Crippen LogP contribution is -2.42. The number of carbonyl (C=O) groups is 2. The maximum atomic E-state index is 13.9. The minimum Gasteiger partial charge on any atom is -0.366 e. The van der Waals surface area contributed by atoms with Gasteiger partial charge in [-0.3, -0.25) is 14.6 Å². The van der Waals surface area contributed by atoms with Gasteiger partial charge in [0.1, 0.15) is 5.82 Å². The van der Waals surface area contributed by atoms with Crippen molar-refractivity contribution in [3.63, 3.8) is 0 Å². The standard InChI is InChI=1S/C24H27ClF4N4O2/c1-33(2)18(8-14-3-4-15(22(30)35)9-20(14)25)13-32-21(34)10-19(16-7-17(26)12-31-11-16)23(5-6-23)24(27,28)29/h3-4,7,9,11-12,18-19H,5-6,8,10,13H2,1-2H3,(H2,30,35)(H,32,34)/t18-,19?/m0/s1. The van der Waals surface area contributed by atoms with Gasteiger partial charge in [0.15, 0.2) is 0 Å². The highest BCUT2D eigenvalue weighted by Gasteiger charge is 2.67. The SMILES string of the molecule is CN(C)[C@H](CNC(=O)CC(c1cncc(F)c1)C1(C(F)(F)F)CC1)Cc1ccc(C(N)=O)cc1Cl. The third-order valence-electron chi connectivity index (χ3n) is 6.60. The number of rotatable bonds is 10. The Balaban J connectivity index is 1.71. The molecule has 1 fully saturated rings. The van der Waals surface area contributed by atoms with E-state index >= 15 is 0 Å². The van der Waals surface area contributed by atoms with Crippen LogP contribution in [0.15, 0.2) is 36.7 Å². The molecule has 190 valence electrons. The number of likely N-dealkylation sites (N-methyl/N-ethyl adjacent to an activating group) is 1. The van der Waals surface area contributed by atoms with Crippen molar-refractivity contribution in [2.75, 3.05) is 20.6 Å². The molecule has 6 nitrogen and oxygen atoms in total. The largest absolute Gasteiger partial charge is 0.395 e. The monoisotopic (exact) mass is 514 g/mol. The molecule has 1 saturated carbocycles. The maximum absolute atomic E-state index is 13.9. The molecule has 1 aliphatic carbocycles. The van der Waals surface area contributed by atoms with Crippen molar-refractivity contribution in [2.45, 2.75) is 43.8 Å². The van der Waals surface area contributed by atoms with Gasteiger partial charge in [-0.1, -0.05) is 17.7 Å². The van der Waals surface area contributed by atoms with Gasteiger partial charge in [-0.25, -0.2) is 4.39 Å². The quantitative estimate of drug-likeness (QED) is 0.468. The molecule has 1 unspecified atom stereocenters. The average molecular weight is 515 g/mol. The summed E-state index contributed by atoms with van der Waals surface area (Å²) in [5.41, 5.74) is 4.26. The number of nitrogens with one attached hydrogen (secondary N) is 1. The number of carbonyl (C=O) groups excluding carboxylic acids is 2. The fraction of sp³-hybridized carbons (Fsp3) is 0.458. The molecule has 2 amide bonds. The van der Waals surface area contributed by atoms with Gasteiger partial charge in [0.05, 0.1) is 11.6 Å². The summed E-state index contributed by atoms with van der Waals surface area (Å²) < 4.78 is 55.3. The summed E-state index contributed by atoms with van der Waals surface area (Å²) >= 11 is 6.28. The number of amides is 2. The number of halogens is 5. The molecule has 3 rings (SSSR count). The zero-order valence-electron chi connectivity index (χ0n) is 19.3. The Morgan fingerprint density at radius 1 is 1.23 bits per heavy atom. The van der Waals surface area contributed by atoms with Crippen LogP contribution < -0.4 is 11.1 Å². The first kappa shape index (κ1) is 26.9. The highest BCUT2D eigenvalue weighted by molar-refractivity contribution is 6.31. The second-order valence-corrected chi connectivity index (χ2v) is 9.55. The molecule has 0 radical (unpaired) electrons. The molecule has 3 N–H and O–H groups in total. The van der Waals surface area contributed by atoms with Crippen molar-refractivity contribution >= 4 is 23.4 Å². The number of aromatic nitrogens is 1. The number of nitrogens with two attached hydrogens (primary N) is 1. The summed E-state index contributed by atoms with van der Waals surface area (Å²) in [6, 6.07) is 5.47. The van der Waals surface area contributed by atoms with E-state index in [0.29, 0.717) is 11.4 Å². The van der Waals surface area contributed by atoms with Crippen LogP contribution in [-0.2, 0) is 11.2 Å². The Hall–Kier alpha value is -2.72. The molecule has 1 heterocycles. The molecule has 2 atom stereocenters. The van der Waals surface area contributed by atoms with E-state index in [1.54, 1.807) is 26.2 Å². The van der Waals surface area contributed by atoms with Crippen LogP contribution in [0.1, 0.15) is 46.7 Å². The highest BCUT2D eigenvalue weighted by atomic mass is 35.5. The normalized spacial score (nSPS) is 16.6. The molecular formula is C24H27ClF4N4O2. The van der Waals surface area contributed by atoms with Gasteiger partial charge in [-0.2, -0.15) is 13.2 Å². The summed E-state index contributed by atoms with van der Waals surface area (Å²) in [5.74, 6) is -3.17. The molecule has 0 spiro atoms. The van der Waals surface area contributed by atoms with E-state index in [0.717, 1.165) is 17.8 Å². The second-order valence-electron chi connectivity index (χ2n) is 9.14. The average Bonchev–Trinajstić information content (AvgIpc) is 3.57. The predicted octanol–water partition coefficient (Wildman–Crippen LogP) is 4.08. The predicted molar refractivity (Wildman–Crippen MR) is 123 cm³/mol. The maximum Gasteiger partial charge on any atom is 0.395 e. The first-order valence-electron chi connectivity index (χ1n) is 11.0. The molecule has 11 heteroatoms. The first-order chi connectivity index (χ1) is 16.3. The van der Waals surface area contributed by atoms with Gasteiger partial charge in [-0.05, 0) is 62.7 Å². The van der Waals surface area contributed by atoms with E-state index in [-0.39, 0.29) is 36.6 Å². The van der Waals surface area contributed by atoms with Crippen molar-refractivity contribution in [1.29, 1.82) is 0 Å². The number of benzene rings is 1.